The van der Waals surface area contributed by atoms with Gasteiger partial charge in [0.1, 0.15) is 0 Å². The van der Waals surface area contributed by atoms with E-state index in [4.69, 9.17) is 9.47 Å². The normalized spacial score (nSPS) is 14.1. The summed E-state index contributed by atoms with van der Waals surface area (Å²) in [6.45, 7) is 2.21. The third-order valence-corrected chi connectivity index (χ3v) is 5.24. The van der Waals surface area contributed by atoms with Crippen LogP contribution in [0.2, 0.25) is 0 Å². The Morgan fingerprint density at radius 1 is 0.862 bits per heavy atom. The van der Waals surface area contributed by atoms with E-state index < -0.39 is 0 Å². The van der Waals surface area contributed by atoms with Gasteiger partial charge in [0.25, 0.3) is 11.5 Å². The first-order valence-electron chi connectivity index (χ1n) is 9.49. The number of hydrogen-bond donors (Lipinski definition) is 0. The number of carbonyl (C=O) groups is 1. The van der Waals surface area contributed by atoms with Crippen molar-refractivity contribution in [3.63, 3.8) is 0 Å². The van der Waals surface area contributed by atoms with Gasteiger partial charge in [0.2, 0.25) is 0 Å². The second-order valence-corrected chi connectivity index (χ2v) is 6.86. The summed E-state index contributed by atoms with van der Waals surface area (Å²) >= 11 is 0. The van der Waals surface area contributed by atoms with E-state index >= 15 is 0 Å². The summed E-state index contributed by atoms with van der Waals surface area (Å²) in [7, 11) is 3.11. The molecule has 1 aliphatic rings. The maximum absolute atomic E-state index is 12.9. The van der Waals surface area contributed by atoms with Gasteiger partial charge >= 0.3 is 0 Å². The Hall–Kier alpha value is -3.48. The Morgan fingerprint density at radius 2 is 1.59 bits per heavy atom. The minimum atomic E-state index is -0.0663. The van der Waals surface area contributed by atoms with Crippen LogP contribution in [0.3, 0.4) is 0 Å². The summed E-state index contributed by atoms with van der Waals surface area (Å²) < 4.78 is 12.3. The van der Waals surface area contributed by atoms with E-state index in [0.29, 0.717) is 43.2 Å². The molecule has 2 aromatic carbocycles. The van der Waals surface area contributed by atoms with Crippen LogP contribution in [0, 0.1) is 0 Å². The molecule has 7 nitrogen and oxygen atoms in total. The monoisotopic (exact) mass is 393 g/mol. The number of carbonyl (C=O) groups excluding carboxylic acids is 1. The van der Waals surface area contributed by atoms with Crippen molar-refractivity contribution in [2.45, 2.75) is 0 Å². The Balaban J connectivity index is 1.53. The molecule has 0 saturated carbocycles. The smallest absolute Gasteiger partial charge is 0.269 e. The number of amides is 1. The fraction of sp³-hybridized carbons (Fsp3) is 0.273. The highest BCUT2D eigenvalue weighted by molar-refractivity contribution is 5.95. The van der Waals surface area contributed by atoms with Gasteiger partial charge in [0.15, 0.2) is 11.5 Å². The number of methoxy groups -OCH3 is 2. The lowest BCUT2D eigenvalue weighted by Gasteiger charge is -2.37. The molecule has 2 heterocycles. The van der Waals surface area contributed by atoms with Crippen molar-refractivity contribution in [1.29, 1.82) is 0 Å². The fourth-order valence-electron chi connectivity index (χ4n) is 3.71. The minimum absolute atomic E-state index is 0.0594. The van der Waals surface area contributed by atoms with E-state index in [1.165, 1.54) is 0 Å². The van der Waals surface area contributed by atoms with E-state index in [2.05, 4.69) is 0 Å². The Morgan fingerprint density at radius 3 is 2.31 bits per heavy atom. The summed E-state index contributed by atoms with van der Waals surface area (Å²) in [6, 6.07) is 16.4. The molecule has 0 bridgehead atoms. The highest BCUT2D eigenvalue weighted by Gasteiger charge is 2.24. The molecule has 3 aromatic rings. The topological polar surface area (TPSA) is 64.0 Å². The average Bonchev–Trinajstić information content (AvgIpc) is 2.78. The molecule has 1 saturated heterocycles. The number of benzene rings is 2. The molecule has 1 amide bonds. The first-order chi connectivity index (χ1) is 14.1. The zero-order valence-corrected chi connectivity index (χ0v) is 16.5. The van der Waals surface area contributed by atoms with Crippen molar-refractivity contribution >= 4 is 16.8 Å². The molecule has 7 heteroatoms. The third kappa shape index (κ3) is 3.51. The number of hydrogen-bond acceptors (Lipinski definition) is 5. The van der Waals surface area contributed by atoms with Crippen molar-refractivity contribution in [3.8, 4) is 11.5 Å². The number of para-hydroxylation sites is 1. The van der Waals surface area contributed by atoms with Crippen LogP contribution < -0.4 is 20.0 Å². The molecule has 0 spiro atoms. The zero-order chi connectivity index (χ0) is 20.4. The van der Waals surface area contributed by atoms with Crippen molar-refractivity contribution < 1.29 is 14.3 Å². The van der Waals surface area contributed by atoms with Gasteiger partial charge in [-0.05, 0) is 30.3 Å². The molecular weight excluding hydrogens is 370 g/mol. The largest absolute Gasteiger partial charge is 0.493 e. The van der Waals surface area contributed by atoms with E-state index in [-0.39, 0.29) is 11.5 Å². The molecule has 1 aliphatic heterocycles. The highest BCUT2D eigenvalue weighted by atomic mass is 16.5. The second-order valence-electron chi connectivity index (χ2n) is 6.86. The maximum Gasteiger partial charge on any atom is 0.269 e. The van der Waals surface area contributed by atoms with Crippen molar-refractivity contribution in [1.82, 2.24) is 9.58 Å². The van der Waals surface area contributed by atoms with Crippen molar-refractivity contribution in [3.05, 3.63) is 70.5 Å². The lowest BCUT2D eigenvalue weighted by molar-refractivity contribution is 0.0738. The van der Waals surface area contributed by atoms with Crippen LogP contribution in [0.5, 0.6) is 11.5 Å². The molecule has 0 radical (unpaired) electrons. The first kappa shape index (κ1) is 18.9. The number of aromatic nitrogens is 1. The quantitative estimate of drug-likeness (QED) is 0.679. The average molecular weight is 393 g/mol. The lowest BCUT2D eigenvalue weighted by Crippen LogP contribution is -2.55. The number of ether oxygens (including phenoxy) is 2. The van der Waals surface area contributed by atoms with Gasteiger partial charge in [0, 0.05) is 30.1 Å². The van der Waals surface area contributed by atoms with Gasteiger partial charge in [-0.3, -0.25) is 9.59 Å². The number of piperazine rings is 1. The molecule has 0 N–H and O–H groups in total. The number of rotatable bonds is 4. The summed E-state index contributed by atoms with van der Waals surface area (Å²) in [4.78, 5) is 27.2. The van der Waals surface area contributed by atoms with Crippen molar-refractivity contribution in [2.24, 2.45) is 0 Å². The van der Waals surface area contributed by atoms with Crippen LogP contribution in [0.1, 0.15) is 10.4 Å². The van der Waals surface area contributed by atoms with Crippen LogP contribution in [-0.2, 0) is 0 Å². The molecule has 0 unspecified atom stereocenters. The lowest BCUT2D eigenvalue weighted by atomic mass is 10.1. The molecule has 150 valence electrons. The third-order valence-electron chi connectivity index (χ3n) is 5.24. The maximum atomic E-state index is 12.9. The highest BCUT2D eigenvalue weighted by Crippen LogP contribution is 2.28. The summed E-state index contributed by atoms with van der Waals surface area (Å²) in [6.07, 6.45) is 0. The van der Waals surface area contributed by atoms with Gasteiger partial charge in [-0.15, -0.1) is 0 Å². The number of nitrogens with zero attached hydrogens (tertiary/aromatic N) is 3. The molecule has 29 heavy (non-hydrogen) atoms. The van der Waals surface area contributed by atoms with E-state index in [1.807, 2.05) is 35.3 Å². The van der Waals surface area contributed by atoms with Crippen molar-refractivity contribution in [2.75, 3.05) is 45.4 Å². The first-order valence-corrected chi connectivity index (χ1v) is 9.49. The van der Waals surface area contributed by atoms with E-state index in [0.717, 1.165) is 10.9 Å². The van der Waals surface area contributed by atoms with Gasteiger partial charge in [0.05, 0.1) is 32.8 Å². The Labute approximate surface area is 168 Å². The predicted octanol–water partition coefficient (Wildman–Crippen LogP) is 2.11. The van der Waals surface area contributed by atoms with Crippen LogP contribution in [-0.4, -0.2) is 55.9 Å². The molecule has 1 aromatic heterocycles. The minimum Gasteiger partial charge on any atom is -0.493 e. The predicted molar refractivity (Wildman–Crippen MR) is 112 cm³/mol. The SMILES string of the molecule is COc1ccc(C(=O)N2CCN(n3c(=O)ccc4ccccc43)CC2)cc1OC. The van der Waals surface area contributed by atoms with Crippen LogP contribution in [0.4, 0.5) is 0 Å². The van der Waals surface area contributed by atoms with E-state index in [9.17, 15) is 9.59 Å². The second kappa shape index (κ2) is 7.87. The van der Waals surface area contributed by atoms with Crippen LogP contribution in [0.15, 0.2) is 59.4 Å². The molecule has 0 aliphatic carbocycles. The molecule has 0 atom stereocenters. The van der Waals surface area contributed by atoms with Crippen LogP contribution >= 0.6 is 0 Å². The van der Waals surface area contributed by atoms with E-state index in [1.54, 1.807) is 48.1 Å². The zero-order valence-electron chi connectivity index (χ0n) is 16.5. The van der Waals surface area contributed by atoms with Gasteiger partial charge < -0.3 is 19.4 Å². The number of pyridine rings is 1. The number of fused-ring (bicyclic) bond motifs is 1. The Kier molecular flexibility index (Phi) is 5.12. The van der Waals surface area contributed by atoms with Gasteiger partial charge in [-0.1, -0.05) is 18.2 Å². The van der Waals surface area contributed by atoms with Gasteiger partial charge in [-0.2, -0.15) is 0 Å². The van der Waals surface area contributed by atoms with Crippen LogP contribution in [0.25, 0.3) is 10.9 Å². The summed E-state index contributed by atoms with van der Waals surface area (Å²) in [5, 5.41) is 3.01. The summed E-state index contributed by atoms with van der Waals surface area (Å²) in [5.74, 6) is 1.05. The molecular formula is C22H23N3O4. The van der Waals surface area contributed by atoms with Gasteiger partial charge in [-0.25, -0.2) is 4.68 Å². The standard InChI is InChI=1S/C22H23N3O4/c1-28-19-9-7-17(15-20(19)29-2)22(27)23-11-13-24(14-12-23)25-18-6-4-3-5-16(18)8-10-21(25)26/h3-10,15H,11-14H2,1-2H3. The molecule has 4 rings (SSSR count). The summed E-state index contributed by atoms with van der Waals surface area (Å²) in [5.41, 5.74) is 1.36. The molecule has 1 fully saturated rings. The fourth-order valence-corrected chi connectivity index (χ4v) is 3.71. The Bertz CT molecular complexity index is 1100.